The molecule has 0 bridgehead atoms. The quantitative estimate of drug-likeness (QED) is 0.873. The van der Waals surface area contributed by atoms with Crippen molar-refractivity contribution in [2.24, 2.45) is 5.92 Å². The lowest BCUT2D eigenvalue weighted by atomic mass is 9.99. The normalized spacial score (nSPS) is 23.3. The van der Waals surface area contributed by atoms with Crippen molar-refractivity contribution in [1.82, 2.24) is 10.2 Å². The van der Waals surface area contributed by atoms with Crippen molar-refractivity contribution in [2.45, 2.75) is 32.9 Å². The van der Waals surface area contributed by atoms with E-state index in [9.17, 15) is 0 Å². The molecule has 2 atom stereocenters. The maximum Gasteiger partial charge on any atom is 0.119 e. The first-order chi connectivity index (χ1) is 10.1. The summed E-state index contributed by atoms with van der Waals surface area (Å²) in [7, 11) is 1.67. The van der Waals surface area contributed by atoms with Crippen LogP contribution in [-0.2, 0) is 0 Å². The average Bonchev–Trinajstić information content (AvgIpc) is 2.48. The second-order valence-corrected chi connectivity index (χ2v) is 6.14. The largest absolute Gasteiger partial charge is 0.497 e. The zero-order valence-corrected chi connectivity index (χ0v) is 13.6. The molecular formula is C17H28N2O2. The molecule has 1 aromatic carbocycles. The van der Waals surface area contributed by atoms with Crippen molar-refractivity contribution >= 4 is 0 Å². The Labute approximate surface area is 128 Å². The van der Waals surface area contributed by atoms with Crippen LogP contribution in [0.2, 0.25) is 0 Å². The van der Waals surface area contributed by atoms with E-state index in [0.717, 1.165) is 37.7 Å². The highest BCUT2D eigenvalue weighted by atomic mass is 16.5. The number of nitrogens with zero attached hydrogens (tertiary/aromatic N) is 1. The summed E-state index contributed by atoms with van der Waals surface area (Å²) in [5.41, 5.74) is 0. The van der Waals surface area contributed by atoms with Gasteiger partial charge in [-0.05, 0) is 37.1 Å². The van der Waals surface area contributed by atoms with Crippen molar-refractivity contribution in [2.75, 3.05) is 33.4 Å². The molecular weight excluding hydrogens is 264 g/mol. The van der Waals surface area contributed by atoms with E-state index in [1.165, 1.54) is 0 Å². The Hall–Kier alpha value is -1.26. The molecule has 118 valence electrons. The van der Waals surface area contributed by atoms with Gasteiger partial charge >= 0.3 is 0 Å². The second-order valence-electron chi connectivity index (χ2n) is 6.14. The lowest BCUT2D eigenvalue weighted by Gasteiger charge is -2.41. The van der Waals surface area contributed by atoms with Gasteiger partial charge in [0, 0.05) is 31.7 Å². The van der Waals surface area contributed by atoms with Gasteiger partial charge < -0.3 is 14.8 Å². The number of rotatable bonds is 6. The number of hydrogen-bond acceptors (Lipinski definition) is 4. The van der Waals surface area contributed by atoms with Gasteiger partial charge in [0.1, 0.15) is 18.1 Å². The van der Waals surface area contributed by atoms with E-state index in [1.54, 1.807) is 7.11 Å². The van der Waals surface area contributed by atoms with Gasteiger partial charge in [-0.2, -0.15) is 0 Å². The molecule has 2 unspecified atom stereocenters. The van der Waals surface area contributed by atoms with E-state index in [1.807, 2.05) is 24.3 Å². The lowest BCUT2D eigenvalue weighted by Crippen LogP contribution is -2.58. The fourth-order valence-electron chi connectivity index (χ4n) is 2.87. The Balaban J connectivity index is 1.82. The minimum Gasteiger partial charge on any atom is -0.497 e. The molecule has 0 spiro atoms. The summed E-state index contributed by atoms with van der Waals surface area (Å²) < 4.78 is 11.0. The summed E-state index contributed by atoms with van der Waals surface area (Å²) in [5.74, 6) is 2.42. The van der Waals surface area contributed by atoms with Gasteiger partial charge in [0.15, 0.2) is 0 Å². The number of ether oxygens (including phenoxy) is 2. The molecule has 0 radical (unpaired) electrons. The molecule has 2 rings (SSSR count). The first kappa shape index (κ1) is 16.1. The number of benzene rings is 1. The SMILES string of the molecule is COc1ccc(OCCN2CC(C)NCC2C(C)C)cc1. The van der Waals surface area contributed by atoms with Crippen LogP contribution in [0.3, 0.4) is 0 Å². The zero-order chi connectivity index (χ0) is 15.2. The molecule has 1 fully saturated rings. The van der Waals surface area contributed by atoms with E-state index in [2.05, 4.69) is 31.0 Å². The summed E-state index contributed by atoms with van der Waals surface area (Å²) in [6, 6.07) is 8.93. The Morgan fingerprint density at radius 2 is 1.90 bits per heavy atom. The first-order valence-electron chi connectivity index (χ1n) is 7.84. The van der Waals surface area contributed by atoms with E-state index in [-0.39, 0.29) is 0 Å². The van der Waals surface area contributed by atoms with Crippen LogP contribution in [0.25, 0.3) is 0 Å². The van der Waals surface area contributed by atoms with Gasteiger partial charge in [0.25, 0.3) is 0 Å². The van der Waals surface area contributed by atoms with Crippen molar-refractivity contribution in [1.29, 1.82) is 0 Å². The van der Waals surface area contributed by atoms with Crippen LogP contribution in [0.15, 0.2) is 24.3 Å². The molecule has 1 aliphatic rings. The van der Waals surface area contributed by atoms with Gasteiger partial charge in [-0.1, -0.05) is 13.8 Å². The molecule has 1 aliphatic heterocycles. The van der Waals surface area contributed by atoms with Crippen molar-refractivity contribution in [3.05, 3.63) is 24.3 Å². The van der Waals surface area contributed by atoms with Gasteiger partial charge in [-0.25, -0.2) is 0 Å². The van der Waals surface area contributed by atoms with Crippen LogP contribution in [-0.4, -0.2) is 50.3 Å². The van der Waals surface area contributed by atoms with Crippen LogP contribution >= 0.6 is 0 Å². The monoisotopic (exact) mass is 292 g/mol. The van der Waals surface area contributed by atoms with E-state index in [0.29, 0.717) is 18.0 Å². The Kier molecular flexibility index (Phi) is 5.88. The van der Waals surface area contributed by atoms with E-state index >= 15 is 0 Å². The van der Waals surface area contributed by atoms with E-state index in [4.69, 9.17) is 9.47 Å². The molecule has 21 heavy (non-hydrogen) atoms. The van der Waals surface area contributed by atoms with Crippen LogP contribution in [0, 0.1) is 5.92 Å². The Bertz CT molecular complexity index is 419. The highest BCUT2D eigenvalue weighted by Gasteiger charge is 2.27. The lowest BCUT2D eigenvalue weighted by molar-refractivity contribution is 0.0864. The predicted molar refractivity (Wildman–Crippen MR) is 86.2 cm³/mol. The number of methoxy groups -OCH3 is 1. The topological polar surface area (TPSA) is 33.7 Å². The molecule has 1 heterocycles. The fraction of sp³-hybridized carbons (Fsp3) is 0.647. The average molecular weight is 292 g/mol. The fourth-order valence-corrected chi connectivity index (χ4v) is 2.87. The maximum absolute atomic E-state index is 5.85. The minimum absolute atomic E-state index is 0.556. The summed E-state index contributed by atoms with van der Waals surface area (Å²) in [4.78, 5) is 2.55. The van der Waals surface area contributed by atoms with Crippen LogP contribution in [0.4, 0.5) is 0 Å². The minimum atomic E-state index is 0.556. The van der Waals surface area contributed by atoms with Crippen LogP contribution in [0.1, 0.15) is 20.8 Å². The molecule has 1 N–H and O–H groups in total. The van der Waals surface area contributed by atoms with Crippen molar-refractivity contribution in [3.8, 4) is 11.5 Å². The standard InChI is InChI=1S/C17H28N2O2/c1-13(2)17-11-18-14(3)12-19(17)9-10-21-16-7-5-15(20-4)6-8-16/h5-8,13-14,17-18H,9-12H2,1-4H3. The van der Waals surface area contributed by atoms with Gasteiger partial charge in [-0.3, -0.25) is 4.90 Å². The molecule has 1 saturated heterocycles. The highest BCUT2D eigenvalue weighted by molar-refractivity contribution is 5.31. The molecule has 0 aliphatic carbocycles. The summed E-state index contributed by atoms with van der Waals surface area (Å²) >= 11 is 0. The molecule has 0 aromatic heterocycles. The first-order valence-corrected chi connectivity index (χ1v) is 7.84. The molecule has 0 saturated carbocycles. The third-order valence-corrected chi connectivity index (χ3v) is 4.13. The number of piperazine rings is 1. The predicted octanol–water partition coefficient (Wildman–Crippen LogP) is 2.39. The molecule has 0 amide bonds. The second kappa shape index (κ2) is 7.66. The van der Waals surface area contributed by atoms with Crippen molar-refractivity contribution < 1.29 is 9.47 Å². The molecule has 4 heteroatoms. The summed E-state index contributed by atoms with van der Waals surface area (Å²) in [6.07, 6.45) is 0. The maximum atomic E-state index is 5.85. The zero-order valence-electron chi connectivity index (χ0n) is 13.6. The number of hydrogen-bond donors (Lipinski definition) is 1. The van der Waals surface area contributed by atoms with Crippen LogP contribution < -0.4 is 14.8 Å². The molecule has 4 nitrogen and oxygen atoms in total. The Morgan fingerprint density at radius 1 is 1.24 bits per heavy atom. The van der Waals surface area contributed by atoms with Gasteiger partial charge in [0.05, 0.1) is 7.11 Å². The van der Waals surface area contributed by atoms with E-state index < -0.39 is 0 Å². The van der Waals surface area contributed by atoms with Crippen molar-refractivity contribution in [3.63, 3.8) is 0 Å². The summed E-state index contributed by atoms with van der Waals surface area (Å²) in [5, 5.41) is 3.57. The third-order valence-electron chi connectivity index (χ3n) is 4.13. The molecule has 1 aromatic rings. The van der Waals surface area contributed by atoms with Gasteiger partial charge in [-0.15, -0.1) is 0 Å². The third kappa shape index (κ3) is 4.61. The van der Waals surface area contributed by atoms with Gasteiger partial charge in [0.2, 0.25) is 0 Å². The number of nitrogens with one attached hydrogen (secondary N) is 1. The Morgan fingerprint density at radius 3 is 2.52 bits per heavy atom. The smallest absolute Gasteiger partial charge is 0.119 e. The highest BCUT2D eigenvalue weighted by Crippen LogP contribution is 2.18. The van der Waals surface area contributed by atoms with Crippen LogP contribution in [0.5, 0.6) is 11.5 Å². The summed E-state index contributed by atoms with van der Waals surface area (Å²) in [6.45, 7) is 10.7.